The second kappa shape index (κ2) is 7.03. The van der Waals surface area contributed by atoms with E-state index in [-0.39, 0.29) is 30.0 Å². The van der Waals surface area contributed by atoms with Crippen molar-refractivity contribution in [1.82, 2.24) is 4.90 Å². The second-order valence-corrected chi connectivity index (χ2v) is 9.72. The van der Waals surface area contributed by atoms with Gasteiger partial charge in [-0.25, -0.2) is 8.42 Å². The van der Waals surface area contributed by atoms with Crippen molar-refractivity contribution in [2.24, 2.45) is 5.92 Å². The van der Waals surface area contributed by atoms with E-state index in [9.17, 15) is 13.2 Å². The number of nitrogens with zero attached hydrogens (tertiary/aromatic N) is 1. The lowest BCUT2D eigenvalue weighted by Crippen LogP contribution is -2.39. The fourth-order valence-corrected chi connectivity index (χ4v) is 5.34. The van der Waals surface area contributed by atoms with E-state index in [1.165, 1.54) is 12.3 Å². The highest BCUT2D eigenvalue weighted by Gasteiger charge is 2.37. The molecule has 0 spiro atoms. The lowest BCUT2D eigenvalue weighted by molar-refractivity contribution is -0.128. The average molecular weight is 389 g/mol. The normalized spacial score (nSPS) is 26.5. The maximum atomic E-state index is 12.8. The van der Waals surface area contributed by atoms with Gasteiger partial charge in [-0.15, -0.1) is 0 Å². The Labute approximate surface area is 158 Å². The Morgan fingerprint density at radius 1 is 1.33 bits per heavy atom. The van der Waals surface area contributed by atoms with E-state index in [1.54, 1.807) is 23.1 Å². The van der Waals surface area contributed by atoms with Crippen molar-refractivity contribution in [3.8, 4) is 0 Å². The van der Waals surface area contributed by atoms with E-state index in [2.05, 4.69) is 6.92 Å². The molecule has 27 heavy (non-hydrogen) atoms. The number of sulfone groups is 1. The molecule has 4 rings (SSSR count). The molecular formula is C20H23NO5S. The Morgan fingerprint density at radius 2 is 2.15 bits per heavy atom. The molecule has 3 unspecified atom stereocenters. The molecule has 6 nitrogen and oxygen atoms in total. The van der Waals surface area contributed by atoms with Crippen molar-refractivity contribution in [2.75, 3.05) is 11.5 Å². The first-order chi connectivity index (χ1) is 12.9. The van der Waals surface area contributed by atoms with Gasteiger partial charge >= 0.3 is 0 Å². The SMILES string of the molecule is CC1CC1c1ccc(CN(C(=O)/C=C/c2ccco2)C2CCS(=O)(=O)C2)o1. The molecule has 3 atom stereocenters. The standard InChI is InChI=1S/C20H23NO5S/c1-14-11-18(14)19-6-4-17(26-19)12-21(15-8-10-27(23,24)13-15)20(22)7-5-16-3-2-9-25-16/h2-7,9,14-15,18H,8,10-13H2,1H3/b7-5+. The predicted octanol–water partition coefficient (Wildman–Crippen LogP) is 3.23. The molecule has 144 valence electrons. The fourth-order valence-electron chi connectivity index (χ4n) is 3.61. The molecule has 7 heteroatoms. The summed E-state index contributed by atoms with van der Waals surface area (Å²) < 4.78 is 35.0. The van der Waals surface area contributed by atoms with E-state index in [0.717, 1.165) is 12.2 Å². The smallest absolute Gasteiger partial charge is 0.247 e. The van der Waals surface area contributed by atoms with Gasteiger partial charge in [-0.2, -0.15) is 0 Å². The summed E-state index contributed by atoms with van der Waals surface area (Å²) in [6.07, 6.45) is 6.14. The summed E-state index contributed by atoms with van der Waals surface area (Å²) in [6, 6.07) is 7.02. The fraction of sp³-hybridized carbons (Fsp3) is 0.450. The van der Waals surface area contributed by atoms with Gasteiger partial charge in [-0.05, 0) is 49.1 Å². The van der Waals surface area contributed by atoms with Crippen LogP contribution in [0.4, 0.5) is 0 Å². The van der Waals surface area contributed by atoms with Gasteiger partial charge in [0, 0.05) is 18.0 Å². The molecule has 1 aliphatic carbocycles. The number of hydrogen-bond donors (Lipinski definition) is 0. The molecule has 0 radical (unpaired) electrons. The minimum atomic E-state index is -3.10. The van der Waals surface area contributed by atoms with Crippen molar-refractivity contribution >= 4 is 21.8 Å². The number of amides is 1. The Morgan fingerprint density at radius 3 is 2.78 bits per heavy atom. The van der Waals surface area contributed by atoms with Gasteiger partial charge in [0.25, 0.3) is 0 Å². The summed E-state index contributed by atoms with van der Waals surface area (Å²) in [5.74, 6) is 3.19. The molecule has 0 bridgehead atoms. The molecule has 3 heterocycles. The number of hydrogen-bond acceptors (Lipinski definition) is 5. The molecule has 2 fully saturated rings. The van der Waals surface area contributed by atoms with Crippen LogP contribution in [-0.2, 0) is 21.2 Å². The second-order valence-electron chi connectivity index (χ2n) is 7.50. The third-order valence-corrected chi connectivity index (χ3v) is 7.10. The van der Waals surface area contributed by atoms with Gasteiger partial charge in [0.1, 0.15) is 17.3 Å². The van der Waals surface area contributed by atoms with E-state index < -0.39 is 9.84 Å². The van der Waals surface area contributed by atoms with Crippen LogP contribution in [0.2, 0.25) is 0 Å². The summed E-state index contributed by atoms with van der Waals surface area (Å²) in [7, 11) is -3.10. The van der Waals surface area contributed by atoms with Crippen LogP contribution >= 0.6 is 0 Å². The quantitative estimate of drug-likeness (QED) is 0.709. The number of rotatable bonds is 6. The van der Waals surface area contributed by atoms with Gasteiger partial charge in [0.15, 0.2) is 9.84 Å². The highest BCUT2D eigenvalue weighted by molar-refractivity contribution is 7.91. The highest BCUT2D eigenvalue weighted by Crippen LogP contribution is 2.47. The summed E-state index contributed by atoms with van der Waals surface area (Å²) in [4.78, 5) is 14.4. The van der Waals surface area contributed by atoms with Crippen LogP contribution in [0, 0.1) is 5.92 Å². The summed E-state index contributed by atoms with van der Waals surface area (Å²) in [6.45, 7) is 2.45. The van der Waals surface area contributed by atoms with Crippen molar-refractivity contribution in [3.63, 3.8) is 0 Å². The molecule has 2 aromatic rings. The molecule has 1 amide bonds. The van der Waals surface area contributed by atoms with Crippen LogP contribution in [0.5, 0.6) is 0 Å². The molecule has 1 saturated carbocycles. The maximum Gasteiger partial charge on any atom is 0.247 e. The highest BCUT2D eigenvalue weighted by atomic mass is 32.2. The van der Waals surface area contributed by atoms with Crippen molar-refractivity contribution in [1.29, 1.82) is 0 Å². The first kappa shape index (κ1) is 18.1. The molecular weight excluding hydrogens is 366 g/mol. The van der Waals surface area contributed by atoms with Crippen molar-refractivity contribution < 1.29 is 22.0 Å². The van der Waals surface area contributed by atoms with Crippen LogP contribution in [0.1, 0.15) is 43.0 Å². The number of carbonyl (C=O) groups is 1. The van der Waals surface area contributed by atoms with Gasteiger partial charge < -0.3 is 13.7 Å². The Kier molecular flexibility index (Phi) is 4.72. The molecule has 2 aromatic heterocycles. The number of carbonyl (C=O) groups excluding carboxylic acids is 1. The maximum absolute atomic E-state index is 12.8. The van der Waals surface area contributed by atoms with Crippen LogP contribution in [0.3, 0.4) is 0 Å². The minimum absolute atomic E-state index is 0.000552. The van der Waals surface area contributed by atoms with Crippen molar-refractivity contribution in [2.45, 2.75) is 38.3 Å². The van der Waals surface area contributed by atoms with E-state index in [0.29, 0.717) is 29.8 Å². The first-order valence-electron chi connectivity index (χ1n) is 9.22. The number of furan rings is 2. The van der Waals surface area contributed by atoms with Crippen molar-refractivity contribution in [3.05, 3.63) is 53.9 Å². The van der Waals surface area contributed by atoms with Crippen LogP contribution in [0.25, 0.3) is 6.08 Å². The zero-order chi connectivity index (χ0) is 19.0. The topological polar surface area (TPSA) is 80.7 Å². The predicted molar refractivity (Wildman–Crippen MR) is 101 cm³/mol. The van der Waals surface area contributed by atoms with Gasteiger partial charge in [-0.3, -0.25) is 4.79 Å². The monoisotopic (exact) mass is 389 g/mol. The lowest BCUT2D eigenvalue weighted by Gasteiger charge is -2.26. The zero-order valence-corrected chi connectivity index (χ0v) is 16.0. The largest absolute Gasteiger partial charge is 0.465 e. The van der Waals surface area contributed by atoms with E-state index in [1.807, 2.05) is 12.1 Å². The van der Waals surface area contributed by atoms with Gasteiger partial charge in [-0.1, -0.05) is 6.92 Å². The van der Waals surface area contributed by atoms with Crippen LogP contribution in [0.15, 0.2) is 45.4 Å². The molecule has 2 aliphatic rings. The third-order valence-electron chi connectivity index (χ3n) is 5.35. The average Bonchev–Trinajstić information content (AvgIpc) is 3.08. The molecule has 1 saturated heterocycles. The van der Waals surface area contributed by atoms with Crippen LogP contribution in [-0.4, -0.2) is 36.8 Å². The Bertz CT molecular complexity index is 941. The summed E-state index contributed by atoms with van der Waals surface area (Å²) >= 11 is 0. The van der Waals surface area contributed by atoms with Gasteiger partial charge in [0.05, 0.1) is 24.3 Å². The third kappa shape index (κ3) is 4.18. The minimum Gasteiger partial charge on any atom is -0.465 e. The Hall–Kier alpha value is -2.28. The van der Waals surface area contributed by atoms with E-state index >= 15 is 0 Å². The summed E-state index contributed by atoms with van der Waals surface area (Å²) in [5, 5.41) is 0. The first-order valence-corrected chi connectivity index (χ1v) is 11.0. The molecule has 1 aliphatic heterocycles. The Balaban J connectivity index is 1.52. The lowest BCUT2D eigenvalue weighted by atomic mass is 10.2. The molecule has 0 aromatic carbocycles. The van der Waals surface area contributed by atoms with Crippen LogP contribution < -0.4 is 0 Å². The van der Waals surface area contributed by atoms with E-state index in [4.69, 9.17) is 8.83 Å². The van der Waals surface area contributed by atoms with Gasteiger partial charge in [0.2, 0.25) is 5.91 Å². The zero-order valence-electron chi connectivity index (χ0n) is 15.2. The molecule has 0 N–H and O–H groups in total. The summed E-state index contributed by atoms with van der Waals surface area (Å²) in [5.41, 5.74) is 0.